The predicted molar refractivity (Wildman–Crippen MR) is 103 cm³/mol. The van der Waals surface area contributed by atoms with E-state index < -0.39 is 0 Å². The lowest BCUT2D eigenvalue weighted by Gasteiger charge is -2.17. The van der Waals surface area contributed by atoms with Crippen LogP contribution in [0.5, 0.6) is 0 Å². The summed E-state index contributed by atoms with van der Waals surface area (Å²) < 4.78 is 0. The highest BCUT2D eigenvalue weighted by atomic mass is 16.2. The monoisotopic (exact) mass is 345 g/mol. The second-order valence-electron chi connectivity index (χ2n) is 7.19. The number of carbonyl (C=O) groups is 1. The molecule has 4 heteroatoms. The minimum absolute atomic E-state index is 0.187. The fourth-order valence-electron chi connectivity index (χ4n) is 3.77. The summed E-state index contributed by atoms with van der Waals surface area (Å²) in [5.74, 6) is 1.31. The summed E-state index contributed by atoms with van der Waals surface area (Å²) in [6.07, 6.45) is 1.39. The second kappa shape index (κ2) is 6.87. The first-order chi connectivity index (χ1) is 12.6. The van der Waals surface area contributed by atoms with Gasteiger partial charge in [0.2, 0.25) is 5.91 Å². The van der Waals surface area contributed by atoms with E-state index in [9.17, 15) is 4.79 Å². The van der Waals surface area contributed by atoms with Crippen LogP contribution in [0.4, 0.5) is 0 Å². The summed E-state index contributed by atoms with van der Waals surface area (Å²) in [7, 11) is 0. The van der Waals surface area contributed by atoms with E-state index in [4.69, 9.17) is 0 Å². The summed E-state index contributed by atoms with van der Waals surface area (Å²) in [6.45, 7) is 5.49. The van der Waals surface area contributed by atoms with Crippen LogP contribution in [0.1, 0.15) is 35.1 Å². The molecule has 1 fully saturated rings. The standard InChI is InChI=1S/C22H23N3O/c1-15-11-16(2)24-22(23-15)20-9-10-25(14-20)21(26)13-17-7-8-18-5-3-4-6-19(18)12-17/h3-8,11-12,20H,9-10,13-14H2,1-2H3. The van der Waals surface area contributed by atoms with Gasteiger partial charge in [0.1, 0.15) is 5.82 Å². The normalized spacial score (nSPS) is 17.0. The van der Waals surface area contributed by atoms with Crippen LogP contribution >= 0.6 is 0 Å². The van der Waals surface area contributed by atoms with Gasteiger partial charge < -0.3 is 4.90 Å². The smallest absolute Gasteiger partial charge is 0.227 e. The van der Waals surface area contributed by atoms with E-state index in [1.165, 1.54) is 10.8 Å². The molecule has 1 aliphatic rings. The van der Waals surface area contributed by atoms with Gasteiger partial charge in [0.05, 0.1) is 6.42 Å². The van der Waals surface area contributed by atoms with Crippen LogP contribution in [0.25, 0.3) is 10.8 Å². The van der Waals surface area contributed by atoms with Crippen molar-refractivity contribution in [2.75, 3.05) is 13.1 Å². The Hall–Kier alpha value is -2.75. The van der Waals surface area contributed by atoms with Crippen molar-refractivity contribution >= 4 is 16.7 Å². The highest BCUT2D eigenvalue weighted by molar-refractivity contribution is 5.85. The van der Waals surface area contributed by atoms with Crippen molar-refractivity contribution in [1.82, 2.24) is 14.9 Å². The largest absolute Gasteiger partial charge is 0.342 e. The average Bonchev–Trinajstić information content (AvgIpc) is 3.11. The molecular formula is C22H23N3O. The van der Waals surface area contributed by atoms with Gasteiger partial charge in [-0.3, -0.25) is 4.79 Å². The molecule has 0 spiro atoms. The van der Waals surface area contributed by atoms with Crippen molar-refractivity contribution in [2.45, 2.75) is 32.6 Å². The van der Waals surface area contributed by atoms with Gasteiger partial charge in [-0.25, -0.2) is 9.97 Å². The van der Waals surface area contributed by atoms with Crippen molar-refractivity contribution in [3.05, 3.63) is 71.3 Å². The predicted octanol–water partition coefficient (Wildman–Crippen LogP) is 3.81. The third-order valence-corrected chi connectivity index (χ3v) is 5.07. The number of benzene rings is 2. The minimum atomic E-state index is 0.187. The van der Waals surface area contributed by atoms with Crippen molar-refractivity contribution in [1.29, 1.82) is 0 Å². The van der Waals surface area contributed by atoms with E-state index >= 15 is 0 Å². The molecule has 0 radical (unpaired) electrons. The highest BCUT2D eigenvalue weighted by Gasteiger charge is 2.29. The van der Waals surface area contributed by atoms with E-state index in [0.29, 0.717) is 6.42 Å². The van der Waals surface area contributed by atoms with E-state index in [1.807, 2.05) is 36.9 Å². The Morgan fingerprint density at radius 3 is 2.54 bits per heavy atom. The van der Waals surface area contributed by atoms with Crippen molar-refractivity contribution in [3.8, 4) is 0 Å². The van der Waals surface area contributed by atoms with E-state index in [0.717, 1.165) is 42.3 Å². The van der Waals surface area contributed by atoms with Crippen LogP contribution in [0, 0.1) is 13.8 Å². The Kier molecular flexibility index (Phi) is 4.41. The number of nitrogens with zero attached hydrogens (tertiary/aromatic N) is 3. The number of hydrogen-bond donors (Lipinski definition) is 0. The molecule has 132 valence electrons. The highest BCUT2D eigenvalue weighted by Crippen LogP contribution is 2.26. The van der Waals surface area contributed by atoms with Crippen LogP contribution in [-0.2, 0) is 11.2 Å². The van der Waals surface area contributed by atoms with Gasteiger partial charge in [-0.1, -0.05) is 42.5 Å². The Bertz CT molecular complexity index is 946. The lowest BCUT2D eigenvalue weighted by atomic mass is 10.0. The first kappa shape index (κ1) is 16.7. The summed E-state index contributed by atoms with van der Waals surface area (Å²) in [5, 5.41) is 2.39. The van der Waals surface area contributed by atoms with Crippen LogP contribution in [0.15, 0.2) is 48.5 Å². The molecule has 1 saturated heterocycles. The van der Waals surface area contributed by atoms with Crippen molar-refractivity contribution in [2.24, 2.45) is 0 Å². The van der Waals surface area contributed by atoms with E-state index in [2.05, 4.69) is 40.3 Å². The number of likely N-dealkylation sites (tertiary alicyclic amines) is 1. The van der Waals surface area contributed by atoms with E-state index in [1.54, 1.807) is 0 Å². The molecule has 0 bridgehead atoms. The van der Waals surface area contributed by atoms with Gasteiger partial charge >= 0.3 is 0 Å². The Morgan fingerprint density at radius 1 is 1.04 bits per heavy atom. The molecule has 0 saturated carbocycles. The van der Waals surface area contributed by atoms with Gasteiger partial charge in [0, 0.05) is 30.4 Å². The minimum Gasteiger partial charge on any atom is -0.342 e. The van der Waals surface area contributed by atoms with E-state index in [-0.39, 0.29) is 11.8 Å². The SMILES string of the molecule is Cc1cc(C)nc(C2CCN(C(=O)Cc3ccc4ccccc4c3)C2)n1. The summed E-state index contributed by atoms with van der Waals surface area (Å²) in [5.41, 5.74) is 3.06. The van der Waals surface area contributed by atoms with Crippen LogP contribution in [0.3, 0.4) is 0 Å². The van der Waals surface area contributed by atoms with Gasteiger partial charge in [-0.05, 0) is 42.7 Å². The zero-order valence-electron chi connectivity index (χ0n) is 15.3. The maximum Gasteiger partial charge on any atom is 0.227 e. The molecule has 4 nitrogen and oxygen atoms in total. The topological polar surface area (TPSA) is 46.1 Å². The Labute approximate surface area is 153 Å². The second-order valence-corrected chi connectivity index (χ2v) is 7.19. The number of fused-ring (bicyclic) bond motifs is 1. The summed E-state index contributed by atoms with van der Waals surface area (Å²) in [6, 6.07) is 16.5. The first-order valence-corrected chi connectivity index (χ1v) is 9.16. The molecular weight excluding hydrogens is 322 g/mol. The maximum atomic E-state index is 12.7. The molecule has 1 aromatic heterocycles. The number of amides is 1. The number of aryl methyl sites for hydroxylation is 2. The number of carbonyl (C=O) groups excluding carboxylic acids is 1. The van der Waals surface area contributed by atoms with Crippen LogP contribution < -0.4 is 0 Å². The fraction of sp³-hybridized carbons (Fsp3) is 0.318. The molecule has 0 aliphatic carbocycles. The lowest BCUT2D eigenvalue weighted by Crippen LogP contribution is -2.30. The molecule has 2 aromatic carbocycles. The molecule has 1 unspecified atom stereocenters. The lowest BCUT2D eigenvalue weighted by molar-refractivity contribution is -0.129. The quantitative estimate of drug-likeness (QED) is 0.725. The maximum absolute atomic E-state index is 12.7. The summed E-state index contributed by atoms with van der Waals surface area (Å²) in [4.78, 5) is 23.9. The number of aromatic nitrogens is 2. The zero-order chi connectivity index (χ0) is 18.1. The molecule has 3 aromatic rings. The van der Waals surface area contributed by atoms with Gasteiger partial charge in [0.25, 0.3) is 0 Å². The van der Waals surface area contributed by atoms with Gasteiger partial charge in [-0.2, -0.15) is 0 Å². The molecule has 4 rings (SSSR count). The Balaban J connectivity index is 1.45. The van der Waals surface area contributed by atoms with Gasteiger partial charge in [0.15, 0.2) is 0 Å². The zero-order valence-corrected chi connectivity index (χ0v) is 15.3. The Morgan fingerprint density at radius 2 is 1.77 bits per heavy atom. The average molecular weight is 345 g/mol. The molecule has 1 atom stereocenters. The van der Waals surface area contributed by atoms with Crippen molar-refractivity contribution < 1.29 is 4.79 Å². The van der Waals surface area contributed by atoms with Crippen LogP contribution in [0.2, 0.25) is 0 Å². The first-order valence-electron chi connectivity index (χ1n) is 9.16. The molecule has 1 aliphatic heterocycles. The van der Waals surface area contributed by atoms with Crippen LogP contribution in [-0.4, -0.2) is 33.9 Å². The van der Waals surface area contributed by atoms with Crippen molar-refractivity contribution in [3.63, 3.8) is 0 Å². The molecule has 0 N–H and O–H groups in total. The molecule has 26 heavy (non-hydrogen) atoms. The third kappa shape index (κ3) is 3.45. The van der Waals surface area contributed by atoms with Gasteiger partial charge in [-0.15, -0.1) is 0 Å². The summed E-state index contributed by atoms with van der Waals surface area (Å²) >= 11 is 0. The third-order valence-electron chi connectivity index (χ3n) is 5.07. The number of rotatable bonds is 3. The fourth-order valence-corrected chi connectivity index (χ4v) is 3.77. The molecule has 2 heterocycles. The molecule has 1 amide bonds. The number of hydrogen-bond acceptors (Lipinski definition) is 3.